The molecule has 0 aliphatic rings. The molecule has 0 aliphatic carbocycles. The highest BCUT2D eigenvalue weighted by molar-refractivity contribution is 6.03. The van der Waals surface area contributed by atoms with E-state index in [4.69, 9.17) is 14.5 Å². The van der Waals surface area contributed by atoms with Crippen LogP contribution in [-0.2, 0) is 0 Å². The van der Waals surface area contributed by atoms with Crippen molar-refractivity contribution in [2.75, 3.05) is 26.2 Å². The molecule has 2 unspecified atom stereocenters. The van der Waals surface area contributed by atoms with Gasteiger partial charge in [0, 0.05) is 11.8 Å². The van der Waals surface area contributed by atoms with Gasteiger partial charge in [-0.15, -0.1) is 0 Å². The standard InChI is InChI=1S/C37H45N3O2/c1-7-39(8-2)28(5)41-33-23-19-31(20-24-33)36(32-21-25-34(26-22-32)42-29(6)40(9-3)10-4)37(30-16-12-11-13-17-30)35-18-14-15-27-38-35/h11-29H,7-10H2,1-6H3. The zero-order valence-electron chi connectivity index (χ0n) is 26.0. The van der Waals surface area contributed by atoms with E-state index in [-0.39, 0.29) is 12.5 Å². The highest BCUT2D eigenvalue weighted by atomic mass is 16.5. The highest BCUT2D eigenvalue weighted by Crippen LogP contribution is 2.37. The van der Waals surface area contributed by atoms with E-state index < -0.39 is 0 Å². The van der Waals surface area contributed by atoms with Crippen LogP contribution in [0.3, 0.4) is 0 Å². The fourth-order valence-electron chi connectivity index (χ4n) is 5.41. The predicted octanol–water partition coefficient (Wildman–Crippen LogP) is 8.22. The summed E-state index contributed by atoms with van der Waals surface area (Å²) in [4.78, 5) is 9.38. The highest BCUT2D eigenvalue weighted by Gasteiger charge is 2.19. The van der Waals surface area contributed by atoms with Crippen LogP contribution in [0.5, 0.6) is 11.5 Å². The van der Waals surface area contributed by atoms with E-state index in [9.17, 15) is 0 Å². The SMILES string of the molecule is CCN(CC)C(C)Oc1ccc(C(=C(c2ccccc2)c2ccccn2)c2ccc(OC(C)N(CC)CC)cc2)cc1. The summed E-state index contributed by atoms with van der Waals surface area (Å²) in [5.74, 6) is 1.71. The monoisotopic (exact) mass is 563 g/mol. The van der Waals surface area contributed by atoms with Crippen LogP contribution < -0.4 is 9.47 Å². The van der Waals surface area contributed by atoms with Crippen LogP contribution in [0, 0.1) is 0 Å². The van der Waals surface area contributed by atoms with Crippen molar-refractivity contribution in [2.24, 2.45) is 0 Å². The molecular formula is C37H45N3O2. The average molecular weight is 564 g/mol. The number of hydrogen-bond acceptors (Lipinski definition) is 5. The first-order valence-corrected chi connectivity index (χ1v) is 15.2. The van der Waals surface area contributed by atoms with Crippen molar-refractivity contribution in [3.05, 3.63) is 126 Å². The molecule has 2 atom stereocenters. The van der Waals surface area contributed by atoms with Gasteiger partial charge >= 0.3 is 0 Å². The third kappa shape index (κ3) is 7.67. The Morgan fingerprint density at radius 1 is 0.548 bits per heavy atom. The van der Waals surface area contributed by atoms with Crippen LogP contribution in [0.2, 0.25) is 0 Å². The third-order valence-electron chi connectivity index (χ3n) is 7.79. The van der Waals surface area contributed by atoms with Crippen molar-refractivity contribution < 1.29 is 9.47 Å². The molecule has 220 valence electrons. The second kappa shape index (κ2) is 15.3. The molecule has 0 saturated carbocycles. The van der Waals surface area contributed by atoms with Gasteiger partial charge in [0.25, 0.3) is 0 Å². The minimum absolute atomic E-state index is 0.000498. The fourth-order valence-corrected chi connectivity index (χ4v) is 5.41. The van der Waals surface area contributed by atoms with Gasteiger partial charge in [-0.1, -0.05) is 88.4 Å². The molecule has 0 aliphatic heterocycles. The van der Waals surface area contributed by atoms with Crippen molar-refractivity contribution in [1.29, 1.82) is 0 Å². The lowest BCUT2D eigenvalue weighted by Gasteiger charge is -2.27. The molecule has 4 rings (SSSR count). The van der Waals surface area contributed by atoms with Crippen LogP contribution in [0.1, 0.15) is 63.9 Å². The van der Waals surface area contributed by atoms with Crippen LogP contribution >= 0.6 is 0 Å². The van der Waals surface area contributed by atoms with Gasteiger partial charge in [-0.05, 0) is 98.7 Å². The summed E-state index contributed by atoms with van der Waals surface area (Å²) in [6.45, 7) is 16.6. The Balaban J connectivity index is 1.81. The molecule has 4 aromatic rings. The molecule has 0 spiro atoms. The number of rotatable bonds is 14. The largest absolute Gasteiger partial charge is 0.475 e. The van der Waals surface area contributed by atoms with Gasteiger partial charge in [-0.25, -0.2) is 0 Å². The summed E-state index contributed by atoms with van der Waals surface area (Å²) in [7, 11) is 0. The minimum atomic E-state index is 0.000498. The van der Waals surface area contributed by atoms with Crippen molar-refractivity contribution in [3.63, 3.8) is 0 Å². The van der Waals surface area contributed by atoms with Crippen molar-refractivity contribution >= 4 is 11.1 Å². The number of ether oxygens (including phenoxy) is 2. The van der Waals surface area contributed by atoms with Gasteiger partial charge in [0.05, 0.1) is 5.69 Å². The Morgan fingerprint density at radius 2 is 0.976 bits per heavy atom. The van der Waals surface area contributed by atoms with E-state index >= 15 is 0 Å². The van der Waals surface area contributed by atoms with Gasteiger partial charge in [-0.2, -0.15) is 0 Å². The summed E-state index contributed by atoms with van der Waals surface area (Å²) in [5, 5.41) is 0. The summed E-state index contributed by atoms with van der Waals surface area (Å²) in [6, 6.07) is 33.5. The van der Waals surface area contributed by atoms with E-state index in [2.05, 4.69) is 130 Å². The average Bonchev–Trinajstić information content (AvgIpc) is 3.03. The molecular weight excluding hydrogens is 518 g/mol. The van der Waals surface area contributed by atoms with Gasteiger partial charge in [0.1, 0.15) is 24.0 Å². The summed E-state index contributed by atoms with van der Waals surface area (Å²) in [5.41, 5.74) is 6.39. The first kappa shape index (κ1) is 31.0. The van der Waals surface area contributed by atoms with Crippen LogP contribution in [0.25, 0.3) is 11.1 Å². The number of benzene rings is 3. The Labute approximate surface area is 252 Å². The molecule has 0 N–H and O–H groups in total. The van der Waals surface area contributed by atoms with E-state index in [0.717, 1.165) is 71.2 Å². The van der Waals surface area contributed by atoms with Gasteiger partial charge in [-0.3, -0.25) is 14.8 Å². The maximum absolute atomic E-state index is 6.30. The molecule has 0 fully saturated rings. The maximum atomic E-state index is 6.30. The molecule has 1 aromatic heterocycles. The Hall–Kier alpha value is -3.93. The number of hydrogen-bond donors (Lipinski definition) is 0. The fraction of sp³-hybridized carbons (Fsp3) is 0.324. The van der Waals surface area contributed by atoms with Crippen LogP contribution in [0.15, 0.2) is 103 Å². The molecule has 1 heterocycles. The first-order chi connectivity index (χ1) is 20.5. The summed E-state index contributed by atoms with van der Waals surface area (Å²) in [6.07, 6.45) is 1.86. The van der Waals surface area contributed by atoms with Crippen molar-refractivity contribution in [1.82, 2.24) is 14.8 Å². The Kier molecular flexibility index (Phi) is 11.3. The van der Waals surface area contributed by atoms with Crippen molar-refractivity contribution in [3.8, 4) is 11.5 Å². The van der Waals surface area contributed by atoms with E-state index in [1.54, 1.807) is 0 Å². The lowest BCUT2D eigenvalue weighted by Crippen LogP contribution is -2.36. The van der Waals surface area contributed by atoms with Crippen molar-refractivity contribution in [2.45, 2.75) is 54.0 Å². The number of pyridine rings is 1. The molecule has 42 heavy (non-hydrogen) atoms. The van der Waals surface area contributed by atoms with Gasteiger partial charge in [0.2, 0.25) is 0 Å². The quantitative estimate of drug-likeness (QED) is 0.114. The molecule has 5 nitrogen and oxygen atoms in total. The Bertz CT molecular complexity index is 1270. The van der Waals surface area contributed by atoms with E-state index in [1.165, 1.54) is 0 Å². The zero-order valence-corrected chi connectivity index (χ0v) is 26.0. The smallest absolute Gasteiger partial charge is 0.149 e. The molecule has 0 bridgehead atoms. The lowest BCUT2D eigenvalue weighted by atomic mass is 9.87. The topological polar surface area (TPSA) is 37.8 Å². The van der Waals surface area contributed by atoms with E-state index in [1.807, 2.05) is 24.4 Å². The first-order valence-electron chi connectivity index (χ1n) is 15.2. The van der Waals surface area contributed by atoms with Crippen LogP contribution in [-0.4, -0.2) is 53.4 Å². The number of aromatic nitrogens is 1. The predicted molar refractivity (Wildman–Crippen MR) is 175 cm³/mol. The van der Waals surface area contributed by atoms with E-state index in [0.29, 0.717) is 0 Å². The lowest BCUT2D eigenvalue weighted by molar-refractivity contribution is 0.0479. The van der Waals surface area contributed by atoms with Crippen LogP contribution in [0.4, 0.5) is 0 Å². The zero-order chi connectivity index (χ0) is 29.9. The van der Waals surface area contributed by atoms with Gasteiger partial charge < -0.3 is 9.47 Å². The second-order valence-electron chi connectivity index (χ2n) is 10.3. The van der Waals surface area contributed by atoms with Gasteiger partial charge in [0.15, 0.2) is 0 Å². The second-order valence-corrected chi connectivity index (χ2v) is 10.3. The minimum Gasteiger partial charge on any atom is -0.475 e. The molecule has 0 radical (unpaired) electrons. The normalized spacial score (nSPS) is 12.7. The maximum Gasteiger partial charge on any atom is 0.149 e. The Morgan fingerprint density at radius 3 is 1.38 bits per heavy atom. The molecule has 0 saturated heterocycles. The summed E-state index contributed by atoms with van der Waals surface area (Å²) >= 11 is 0. The molecule has 0 amide bonds. The number of nitrogens with zero attached hydrogens (tertiary/aromatic N) is 3. The third-order valence-corrected chi connectivity index (χ3v) is 7.79. The molecule has 5 heteroatoms. The molecule has 3 aromatic carbocycles. The summed E-state index contributed by atoms with van der Waals surface area (Å²) < 4.78 is 12.6.